The van der Waals surface area contributed by atoms with Crippen LogP contribution in [0.25, 0.3) is 5.65 Å². The second kappa shape index (κ2) is 7.91. The summed E-state index contributed by atoms with van der Waals surface area (Å²) in [5, 5.41) is 0. The van der Waals surface area contributed by atoms with Crippen LogP contribution in [0, 0.1) is 6.92 Å². The zero-order valence-electron chi connectivity index (χ0n) is 11.4. The van der Waals surface area contributed by atoms with E-state index in [0.717, 1.165) is 12.1 Å². The van der Waals surface area contributed by atoms with Gasteiger partial charge in [-0.15, -0.1) is 0 Å². The quantitative estimate of drug-likeness (QED) is 0.702. The van der Waals surface area contributed by atoms with Crippen molar-refractivity contribution < 1.29 is 0 Å². The highest BCUT2D eigenvalue weighted by Crippen LogP contribution is 2.08. The van der Waals surface area contributed by atoms with Gasteiger partial charge in [0, 0.05) is 18.1 Å². The van der Waals surface area contributed by atoms with Crippen molar-refractivity contribution in [1.82, 2.24) is 9.38 Å². The van der Waals surface area contributed by atoms with Gasteiger partial charge in [0.1, 0.15) is 5.65 Å². The average molecular weight is 220 g/mol. The van der Waals surface area contributed by atoms with Gasteiger partial charge in [0.15, 0.2) is 0 Å². The summed E-state index contributed by atoms with van der Waals surface area (Å²) < 4.78 is 2.10. The van der Waals surface area contributed by atoms with Crippen LogP contribution in [0.3, 0.4) is 0 Å². The first kappa shape index (κ1) is 14.7. The number of nitrogens with zero attached hydrogens (tertiary/aromatic N) is 2. The Morgan fingerprint density at radius 1 is 1.19 bits per heavy atom. The van der Waals surface area contributed by atoms with Crippen LogP contribution in [0.4, 0.5) is 0 Å². The predicted octanol–water partition coefficient (Wildman–Crippen LogP) is 4.26. The molecular weight excluding hydrogens is 196 g/mol. The van der Waals surface area contributed by atoms with Crippen molar-refractivity contribution in [3.63, 3.8) is 0 Å². The van der Waals surface area contributed by atoms with Crippen LogP contribution in [0.5, 0.6) is 0 Å². The number of imidazole rings is 1. The van der Waals surface area contributed by atoms with Crippen molar-refractivity contribution in [2.75, 3.05) is 0 Å². The highest BCUT2D eigenvalue weighted by molar-refractivity contribution is 5.43. The fourth-order valence-electron chi connectivity index (χ4n) is 1.37. The van der Waals surface area contributed by atoms with E-state index >= 15 is 0 Å². The van der Waals surface area contributed by atoms with E-state index in [2.05, 4.69) is 41.6 Å². The van der Waals surface area contributed by atoms with Crippen molar-refractivity contribution in [3.8, 4) is 0 Å². The van der Waals surface area contributed by atoms with E-state index in [9.17, 15) is 0 Å². The first-order chi connectivity index (χ1) is 7.81. The minimum atomic E-state index is 1.05. The van der Waals surface area contributed by atoms with Gasteiger partial charge in [-0.05, 0) is 31.0 Å². The van der Waals surface area contributed by atoms with Gasteiger partial charge >= 0.3 is 0 Å². The standard InChI is InChI=1S/C10H12N2.2C2H6/c1-3-9-4-5-12-8(2)7-11-10(12)6-9;2*1-2/h4-7H,3H2,1-2H3;2*1-2H3. The molecule has 0 aliphatic rings. The topological polar surface area (TPSA) is 17.3 Å². The molecule has 0 amide bonds. The first-order valence-electron chi connectivity index (χ1n) is 6.24. The molecule has 0 aliphatic carbocycles. The SMILES string of the molecule is CC.CC.CCc1ccn2c(C)cnc2c1. The Labute approximate surface area is 99.3 Å². The number of rotatable bonds is 1. The molecule has 2 nitrogen and oxygen atoms in total. The minimum Gasteiger partial charge on any atom is -0.304 e. The fourth-order valence-corrected chi connectivity index (χ4v) is 1.37. The van der Waals surface area contributed by atoms with Crippen LogP contribution in [0.15, 0.2) is 24.5 Å². The molecule has 90 valence electrons. The third-order valence-corrected chi connectivity index (χ3v) is 2.17. The highest BCUT2D eigenvalue weighted by atomic mass is 15.0. The van der Waals surface area contributed by atoms with Crippen molar-refractivity contribution in [2.45, 2.75) is 48.0 Å². The van der Waals surface area contributed by atoms with Crippen molar-refractivity contribution in [1.29, 1.82) is 0 Å². The van der Waals surface area contributed by atoms with Crippen LogP contribution < -0.4 is 0 Å². The summed E-state index contributed by atoms with van der Waals surface area (Å²) in [6, 6.07) is 4.27. The molecule has 16 heavy (non-hydrogen) atoms. The van der Waals surface area contributed by atoms with Crippen molar-refractivity contribution in [2.24, 2.45) is 0 Å². The van der Waals surface area contributed by atoms with E-state index in [1.807, 2.05) is 33.9 Å². The Bertz CT molecular complexity index is 402. The largest absolute Gasteiger partial charge is 0.304 e. The Hall–Kier alpha value is -1.31. The second-order valence-electron chi connectivity index (χ2n) is 3.02. The Kier molecular flexibility index (Phi) is 7.27. The molecule has 0 atom stereocenters. The summed E-state index contributed by atoms with van der Waals surface area (Å²) in [5.41, 5.74) is 3.58. The molecule has 2 aromatic heterocycles. The summed E-state index contributed by atoms with van der Waals surface area (Å²) in [7, 11) is 0. The smallest absolute Gasteiger partial charge is 0.137 e. The van der Waals surface area contributed by atoms with Gasteiger partial charge in [0.25, 0.3) is 0 Å². The van der Waals surface area contributed by atoms with Crippen LogP contribution in [0.1, 0.15) is 45.9 Å². The van der Waals surface area contributed by atoms with Crippen LogP contribution >= 0.6 is 0 Å². The van der Waals surface area contributed by atoms with Crippen LogP contribution in [-0.4, -0.2) is 9.38 Å². The molecule has 0 saturated carbocycles. The molecule has 2 rings (SSSR count). The zero-order chi connectivity index (χ0) is 12.6. The summed E-state index contributed by atoms with van der Waals surface area (Å²) >= 11 is 0. The molecule has 0 radical (unpaired) electrons. The Morgan fingerprint density at radius 2 is 1.81 bits per heavy atom. The number of fused-ring (bicyclic) bond motifs is 1. The molecule has 0 N–H and O–H groups in total. The third kappa shape index (κ3) is 3.37. The van der Waals surface area contributed by atoms with E-state index in [1.165, 1.54) is 11.3 Å². The summed E-state index contributed by atoms with van der Waals surface area (Å²) in [4.78, 5) is 4.29. The molecule has 0 aromatic carbocycles. The van der Waals surface area contributed by atoms with Gasteiger partial charge in [-0.2, -0.15) is 0 Å². The number of pyridine rings is 1. The lowest BCUT2D eigenvalue weighted by Gasteiger charge is -1.98. The Balaban J connectivity index is 0.000000509. The van der Waals surface area contributed by atoms with Gasteiger partial charge < -0.3 is 4.40 Å². The lowest BCUT2D eigenvalue weighted by Crippen LogP contribution is -1.88. The normalized spacial score (nSPS) is 8.88. The maximum atomic E-state index is 4.29. The maximum absolute atomic E-state index is 4.29. The van der Waals surface area contributed by atoms with Gasteiger partial charge in [-0.25, -0.2) is 4.98 Å². The lowest BCUT2D eigenvalue weighted by molar-refractivity contribution is 1.07. The Morgan fingerprint density at radius 3 is 2.38 bits per heavy atom. The number of hydrogen-bond acceptors (Lipinski definition) is 1. The van der Waals surface area contributed by atoms with E-state index in [4.69, 9.17) is 0 Å². The fraction of sp³-hybridized carbons (Fsp3) is 0.500. The molecule has 0 fully saturated rings. The summed E-state index contributed by atoms with van der Waals surface area (Å²) in [6.45, 7) is 12.2. The molecule has 2 aromatic rings. The molecule has 2 heterocycles. The van der Waals surface area contributed by atoms with Gasteiger partial charge in [0.05, 0.1) is 0 Å². The van der Waals surface area contributed by atoms with Gasteiger partial charge in [0.2, 0.25) is 0 Å². The maximum Gasteiger partial charge on any atom is 0.137 e. The zero-order valence-corrected chi connectivity index (χ0v) is 11.4. The summed E-state index contributed by atoms with van der Waals surface area (Å²) in [6.07, 6.45) is 5.05. The first-order valence-corrected chi connectivity index (χ1v) is 6.24. The van der Waals surface area contributed by atoms with Crippen molar-refractivity contribution in [3.05, 3.63) is 35.8 Å². The molecule has 0 spiro atoms. The van der Waals surface area contributed by atoms with Crippen LogP contribution in [0.2, 0.25) is 0 Å². The van der Waals surface area contributed by atoms with E-state index < -0.39 is 0 Å². The molecule has 0 unspecified atom stereocenters. The third-order valence-electron chi connectivity index (χ3n) is 2.17. The molecule has 0 bridgehead atoms. The number of aromatic nitrogens is 2. The molecular formula is C14H24N2. The second-order valence-corrected chi connectivity index (χ2v) is 3.02. The molecule has 0 aliphatic heterocycles. The average Bonchev–Trinajstić information content (AvgIpc) is 2.75. The highest BCUT2D eigenvalue weighted by Gasteiger charge is 1.97. The van der Waals surface area contributed by atoms with E-state index in [-0.39, 0.29) is 0 Å². The van der Waals surface area contributed by atoms with Gasteiger partial charge in [-0.3, -0.25) is 0 Å². The van der Waals surface area contributed by atoms with Crippen LogP contribution in [-0.2, 0) is 6.42 Å². The monoisotopic (exact) mass is 220 g/mol. The van der Waals surface area contributed by atoms with E-state index in [1.54, 1.807) is 0 Å². The lowest BCUT2D eigenvalue weighted by atomic mass is 10.2. The number of hydrogen-bond donors (Lipinski definition) is 0. The van der Waals surface area contributed by atoms with E-state index in [0.29, 0.717) is 0 Å². The van der Waals surface area contributed by atoms with Gasteiger partial charge in [-0.1, -0.05) is 34.6 Å². The predicted molar refractivity (Wildman–Crippen MR) is 72.0 cm³/mol. The summed E-state index contributed by atoms with van der Waals surface area (Å²) in [5.74, 6) is 0. The number of aryl methyl sites for hydroxylation is 2. The van der Waals surface area contributed by atoms with Crippen molar-refractivity contribution >= 4 is 5.65 Å². The minimum absolute atomic E-state index is 1.05. The molecule has 2 heteroatoms. The molecule has 0 saturated heterocycles.